The predicted octanol–water partition coefficient (Wildman–Crippen LogP) is 2.19. The van der Waals surface area contributed by atoms with Gasteiger partial charge >= 0.3 is 0 Å². The number of rotatable bonds is 4. The van der Waals surface area contributed by atoms with E-state index in [-0.39, 0.29) is 12.5 Å². The number of carbonyl (C=O) groups is 1. The lowest BCUT2D eigenvalue weighted by atomic mass is 10.2. The smallest absolute Gasteiger partial charge is 0.265 e. The van der Waals surface area contributed by atoms with Crippen molar-refractivity contribution in [2.75, 3.05) is 0 Å². The third-order valence-electron chi connectivity index (χ3n) is 3.15. The highest BCUT2D eigenvalue weighted by Crippen LogP contribution is 2.41. The summed E-state index contributed by atoms with van der Waals surface area (Å²) in [5.41, 5.74) is 1.35. The van der Waals surface area contributed by atoms with Crippen molar-refractivity contribution >= 4 is 17.4 Å². The van der Waals surface area contributed by atoms with Gasteiger partial charge in [-0.15, -0.1) is 5.10 Å². The standard InChI is InChI=1S/C13H12FN3O2S/c14-9-5-7(1-4-10(9)18)6-15-13(19)12-11(8-2-3-8)16-17-20-12/h1,4-5,8,18H,2-3,6H2,(H,15,19). The number of hydrogen-bond acceptors (Lipinski definition) is 5. The SMILES string of the molecule is O=C(NCc1ccc(O)c(F)c1)c1snnc1C1CC1. The summed E-state index contributed by atoms with van der Waals surface area (Å²) in [6, 6.07) is 4.02. The minimum absolute atomic E-state index is 0.192. The van der Waals surface area contributed by atoms with Gasteiger partial charge in [0.15, 0.2) is 11.6 Å². The van der Waals surface area contributed by atoms with E-state index in [2.05, 4.69) is 14.9 Å². The molecule has 1 aliphatic rings. The molecule has 0 spiro atoms. The van der Waals surface area contributed by atoms with Gasteiger partial charge in [0.2, 0.25) is 0 Å². The zero-order valence-corrected chi connectivity index (χ0v) is 11.3. The summed E-state index contributed by atoms with van der Waals surface area (Å²) in [4.78, 5) is 12.6. The number of aromatic hydroxyl groups is 1. The van der Waals surface area contributed by atoms with Crippen LogP contribution in [0.5, 0.6) is 5.75 Å². The molecule has 5 nitrogen and oxygen atoms in total. The molecule has 1 fully saturated rings. The second-order valence-electron chi connectivity index (χ2n) is 4.73. The molecule has 1 amide bonds. The van der Waals surface area contributed by atoms with Crippen molar-refractivity contribution in [2.24, 2.45) is 0 Å². The maximum absolute atomic E-state index is 13.2. The van der Waals surface area contributed by atoms with E-state index in [9.17, 15) is 9.18 Å². The first kappa shape index (κ1) is 13.0. The van der Waals surface area contributed by atoms with Crippen molar-refractivity contribution < 1.29 is 14.3 Å². The molecule has 7 heteroatoms. The van der Waals surface area contributed by atoms with Gasteiger partial charge in [0, 0.05) is 12.5 Å². The molecule has 0 aliphatic heterocycles. The van der Waals surface area contributed by atoms with Crippen molar-refractivity contribution in [1.82, 2.24) is 14.9 Å². The number of aromatic nitrogens is 2. The lowest BCUT2D eigenvalue weighted by molar-refractivity contribution is 0.0953. The van der Waals surface area contributed by atoms with E-state index >= 15 is 0 Å². The minimum atomic E-state index is -0.699. The Bertz CT molecular complexity index is 655. The molecule has 1 aliphatic carbocycles. The van der Waals surface area contributed by atoms with E-state index in [0.29, 0.717) is 16.4 Å². The van der Waals surface area contributed by atoms with Crippen LogP contribution in [0, 0.1) is 5.82 Å². The first-order valence-electron chi connectivity index (χ1n) is 6.23. The fourth-order valence-electron chi connectivity index (χ4n) is 1.90. The van der Waals surface area contributed by atoms with Gasteiger partial charge in [-0.1, -0.05) is 10.6 Å². The number of hydrogen-bond donors (Lipinski definition) is 2. The quantitative estimate of drug-likeness (QED) is 0.906. The maximum atomic E-state index is 13.2. The van der Waals surface area contributed by atoms with E-state index in [4.69, 9.17) is 5.11 Å². The zero-order chi connectivity index (χ0) is 14.1. The number of nitrogens with one attached hydrogen (secondary N) is 1. The van der Waals surface area contributed by atoms with Gasteiger partial charge in [-0.3, -0.25) is 4.79 Å². The Morgan fingerprint density at radius 1 is 1.50 bits per heavy atom. The average Bonchev–Trinajstić information content (AvgIpc) is 3.17. The van der Waals surface area contributed by atoms with Crippen LogP contribution in [0.15, 0.2) is 18.2 Å². The highest BCUT2D eigenvalue weighted by molar-refractivity contribution is 7.08. The molecular formula is C13H12FN3O2S. The number of phenolic OH excluding ortho intramolecular Hbond substituents is 1. The summed E-state index contributed by atoms with van der Waals surface area (Å²) in [6.07, 6.45) is 2.10. The van der Waals surface area contributed by atoms with Crippen LogP contribution in [0.3, 0.4) is 0 Å². The molecule has 2 N–H and O–H groups in total. The highest BCUT2D eigenvalue weighted by Gasteiger charge is 2.31. The Morgan fingerprint density at radius 3 is 3.00 bits per heavy atom. The first-order valence-corrected chi connectivity index (χ1v) is 7.00. The number of benzene rings is 1. The Balaban J connectivity index is 1.66. The zero-order valence-electron chi connectivity index (χ0n) is 10.5. The topological polar surface area (TPSA) is 75.1 Å². The number of nitrogens with zero attached hydrogens (tertiary/aromatic N) is 2. The van der Waals surface area contributed by atoms with E-state index in [1.807, 2.05) is 0 Å². The molecule has 104 valence electrons. The molecular weight excluding hydrogens is 281 g/mol. The molecule has 1 heterocycles. The van der Waals surface area contributed by atoms with E-state index < -0.39 is 11.6 Å². The van der Waals surface area contributed by atoms with Crippen molar-refractivity contribution in [3.63, 3.8) is 0 Å². The maximum Gasteiger partial charge on any atom is 0.265 e. The van der Waals surface area contributed by atoms with Crippen molar-refractivity contribution in [3.8, 4) is 5.75 Å². The Labute approximate surface area is 118 Å². The van der Waals surface area contributed by atoms with Gasteiger partial charge in [-0.05, 0) is 42.1 Å². The first-order chi connectivity index (χ1) is 9.65. The Kier molecular flexibility index (Phi) is 3.35. The van der Waals surface area contributed by atoms with Gasteiger partial charge in [0.1, 0.15) is 4.88 Å². The molecule has 1 saturated carbocycles. The van der Waals surface area contributed by atoms with Gasteiger partial charge in [-0.25, -0.2) is 4.39 Å². The molecule has 0 unspecified atom stereocenters. The Hall–Kier alpha value is -2.02. The molecule has 2 aromatic rings. The molecule has 1 aromatic carbocycles. The molecule has 3 rings (SSSR count). The van der Waals surface area contributed by atoms with E-state index in [1.165, 1.54) is 12.1 Å². The average molecular weight is 293 g/mol. The van der Waals surface area contributed by atoms with Crippen LogP contribution in [0.25, 0.3) is 0 Å². The summed E-state index contributed by atoms with van der Waals surface area (Å²) >= 11 is 1.08. The van der Waals surface area contributed by atoms with E-state index in [0.717, 1.165) is 30.1 Å². The fourth-order valence-corrected chi connectivity index (χ4v) is 2.57. The summed E-state index contributed by atoms with van der Waals surface area (Å²) in [6.45, 7) is 0.192. The molecule has 0 radical (unpaired) electrons. The van der Waals surface area contributed by atoms with Gasteiger partial charge in [0.05, 0.1) is 5.69 Å². The van der Waals surface area contributed by atoms with Gasteiger partial charge in [-0.2, -0.15) is 0 Å². The van der Waals surface area contributed by atoms with Crippen LogP contribution >= 0.6 is 11.5 Å². The molecule has 0 bridgehead atoms. The summed E-state index contributed by atoms with van der Waals surface area (Å²) < 4.78 is 17.0. The normalized spacial score (nSPS) is 14.2. The second kappa shape index (κ2) is 5.16. The minimum Gasteiger partial charge on any atom is -0.505 e. The number of halogens is 1. The number of phenols is 1. The van der Waals surface area contributed by atoms with Crippen LogP contribution in [-0.4, -0.2) is 20.6 Å². The van der Waals surface area contributed by atoms with Crippen LogP contribution in [-0.2, 0) is 6.54 Å². The molecule has 20 heavy (non-hydrogen) atoms. The second-order valence-corrected chi connectivity index (χ2v) is 5.48. The van der Waals surface area contributed by atoms with Crippen molar-refractivity contribution in [1.29, 1.82) is 0 Å². The lowest BCUT2D eigenvalue weighted by Gasteiger charge is -2.05. The van der Waals surface area contributed by atoms with Crippen LogP contribution in [0.4, 0.5) is 4.39 Å². The molecule has 0 saturated heterocycles. The fraction of sp³-hybridized carbons (Fsp3) is 0.308. The number of amides is 1. The van der Waals surface area contributed by atoms with Crippen LogP contribution < -0.4 is 5.32 Å². The van der Waals surface area contributed by atoms with Crippen molar-refractivity contribution in [3.05, 3.63) is 40.2 Å². The molecule has 1 aromatic heterocycles. The summed E-state index contributed by atoms with van der Waals surface area (Å²) in [5, 5.41) is 15.8. The van der Waals surface area contributed by atoms with Crippen molar-refractivity contribution in [2.45, 2.75) is 25.3 Å². The third-order valence-corrected chi connectivity index (χ3v) is 3.89. The summed E-state index contributed by atoms with van der Waals surface area (Å²) in [5.74, 6) is -0.978. The monoisotopic (exact) mass is 293 g/mol. The van der Waals surface area contributed by atoms with Crippen LogP contribution in [0.1, 0.15) is 39.7 Å². The number of carbonyl (C=O) groups excluding carboxylic acids is 1. The highest BCUT2D eigenvalue weighted by atomic mass is 32.1. The van der Waals surface area contributed by atoms with Gasteiger partial charge in [0.25, 0.3) is 5.91 Å². The third kappa shape index (κ3) is 2.62. The van der Waals surface area contributed by atoms with Crippen LogP contribution in [0.2, 0.25) is 0 Å². The summed E-state index contributed by atoms with van der Waals surface area (Å²) in [7, 11) is 0. The van der Waals surface area contributed by atoms with Gasteiger partial charge < -0.3 is 10.4 Å². The molecule has 0 atom stereocenters. The lowest BCUT2D eigenvalue weighted by Crippen LogP contribution is -2.23. The van der Waals surface area contributed by atoms with E-state index in [1.54, 1.807) is 6.07 Å². The predicted molar refractivity (Wildman–Crippen MR) is 71.1 cm³/mol. The Morgan fingerprint density at radius 2 is 2.30 bits per heavy atom. The largest absolute Gasteiger partial charge is 0.505 e.